The SMILES string of the molecule is CCN=C(NN)C1CCCCC1(C)C. The normalized spacial score (nSPS) is 27.4. The Hall–Kier alpha value is -0.570. The Bertz CT molecular complexity index is 209. The van der Waals surface area contributed by atoms with Crippen molar-refractivity contribution in [3.8, 4) is 0 Å². The number of hydrogen-bond acceptors (Lipinski definition) is 2. The van der Waals surface area contributed by atoms with Crippen LogP contribution in [0.3, 0.4) is 0 Å². The van der Waals surface area contributed by atoms with Crippen molar-refractivity contribution in [1.82, 2.24) is 5.43 Å². The van der Waals surface area contributed by atoms with Gasteiger partial charge in [0, 0.05) is 12.5 Å². The fourth-order valence-corrected chi connectivity index (χ4v) is 2.43. The summed E-state index contributed by atoms with van der Waals surface area (Å²) in [6.07, 6.45) is 5.14. The van der Waals surface area contributed by atoms with E-state index >= 15 is 0 Å². The number of nitrogens with two attached hydrogens (primary N) is 1. The van der Waals surface area contributed by atoms with Gasteiger partial charge >= 0.3 is 0 Å². The summed E-state index contributed by atoms with van der Waals surface area (Å²) < 4.78 is 0. The minimum absolute atomic E-state index is 0.346. The molecule has 0 spiro atoms. The van der Waals surface area contributed by atoms with Gasteiger partial charge < -0.3 is 5.43 Å². The molecule has 82 valence electrons. The summed E-state index contributed by atoms with van der Waals surface area (Å²) in [4.78, 5) is 4.44. The first-order valence-electron chi connectivity index (χ1n) is 5.62. The highest BCUT2D eigenvalue weighted by molar-refractivity contribution is 5.84. The highest BCUT2D eigenvalue weighted by atomic mass is 15.3. The van der Waals surface area contributed by atoms with E-state index in [1.165, 1.54) is 25.7 Å². The Morgan fingerprint density at radius 3 is 2.71 bits per heavy atom. The molecule has 3 heteroatoms. The third-order valence-electron chi connectivity index (χ3n) is 3.31. The Kier molecular flexibility index (Phi) is 3.93. The molecule has 3 N–H and O–H groups in total. The number of hydrogen-bond donors (Lipinski definition) is 2. The molecule has 0 amide bonds. The van der Waals surface area contributed by atoms with Crippen LogP contribution >= 0.6 is 0 Å². The Balaban J connectivity index is 2.77. The third-order valence-corrected chi connectivity index (χ3v) is 3.31. The molecule has 0 aromatic heterocycles. The van der Waals surface area contributed by atoms with Crippen molar-refractivity contribution >= 4 is 5.84 Å². The summed E-state index contributed by atoms with van der Waals surface area (Å²) in [5, 5.41) is 0. The lowest BCUT2D eigenvalue weighted by molar-refractivity contribution is 0.189. The van der Waals surface area contributed by atoms with Crippen LogP contribution in [-0.4, -0.2) is 12.4 Å². The van der Waals surface area contributed by atoms with Crippen LogP contribution in [0.1, 0.15) is 46.5 Å². The van der Waals surface area contributed by atoms with E-state index in [1.54, 1.807) is 0 Å². The average Bonchev–Trinajstić information content (AvgIpc) is 2.14. The molecule has 0 bridgehead atoms. The van der Waals surface area contributed by atoms with E-state index in [0.29, 0.717) is 11.3 Å². The maximum absolute atomic E-state index is 5.53. The molecule has 1 aliphatic rings. The van der Waals surface area contributed by atoms with Crippen molar-refractivity contribution < 1.29 is 0 Å². The molecule has 14 heavy (non-hydrogen) atoms. The van der Waals surface area contributed by atoms with Crippen molar-refractivity contribution in [2.24, 2.45) is 22.2 Å². The number of nitrogens with one attached hydrogen (secondary N) is 1. The lowest BCUT2D eigenvalue weighted by Crippen LogP contribution is -2.44. The van der Waals surface area contributed by atoms with Gasteiger partial charge in [0.15, 0.2) is 0 Å². The lowest BCUT2D eigenvalue weighted by Gasteiger charge is -2.39. The average molecular weight is 197 g/mol. The molecule has 0 radical (unpaired) electrons. The second-order valence-corrected chi connectivity index (χ2v) is 4.79. The first-order chi connectivity index (χ1) is 6.61. The Morgan fingerprint density at radius 1 is 1.50 bits per heavy atom. The molecule has 0 saturated heterocycles. The maximum atomic E-state index is 5.53. The van der Waals surface area contributed by atoms with Gasteiger partial charge in [-0.1, -0.05) is 26.7 Å². The molecule has 1 unspecified atom stereocenters. The van der Waals surface area contributed by atoms with Crippen LogP contribution in [0.2, 0.25) is 0 Å². The number of amidine groups is 1. The zero-order valence-corrected chi connectivity index (χ0v) is 9.64. The second-order valence-electron chi connectivity index (χ2n) is 4.79. The Labute approximate surface area is 87.1 Å². The van der Waals surface area contributed by atoms with Gasteiger partial charge in [-0.25, -0.2) is 5.84 Å². The molecule has 1 saturated carbocycles. The summed E-state index contributed by atoms with van der Waals surface area (Å²) in [5.41, 5.74) is 3.12. The minimum atomic E-state index is 0.346. The predicted octanol–water partition coefficient (Wildman–Crippen LogP) is 2.08. The minimum Gasteiger partial charge on any atom is -0.312 e. The van der Waals surface area contributed by atoms with Crippen molar-refractivity contribution in [2.75, 3.05) is 6.54 Å². The van der Waals surface area contributed by atoms with Crippen LogP contribution in [-0.2, 0) is 0 Å². The van der Waals surface area contributed by atoms with E-state index in [4.69, 9.17) is 5.84 Å². The summed E-state index contributed by atoms with van der Waals surface area (Å²) in [5.74, 6) is 7.04. The summed E-state index contributed by atoms with van der Waals surface area (Å²) in [6.45, 7) is 7.50. The molecule has 1 rings (SSSR count). The third kappa shape index (κ3) is 2.47. The van der Waals surface area contributed by atoms with Gasteiger partial charge in [0.2, 0.25) is 0 Å². The van der Waals surface area contributed by atoms with Crippen LogP contribution in [0.5, 0.6) is 0 Å². The largest absolute Gasteiger partial charge is 0.312 e. The summed E-state index contributed by atoms with van der Waals surface area (Å²) in [6, 6.07) is 0. The van der Waals surface area contributed by atoms with Gasteiger partial charge in [0.05, 0.1) is 0 Å². The molecule has 0 heterocycles. The van der Waals surface area contributed by atoms with Gasteiger partial charge in [-0.15, -0.1) is 0 Å². The smallest absolute Gasteiger partial charge is 0.114 e. The van der Waals surface area contributed by atoms with E-state index in [-0.39, 0.29) is 0 Å². The maximum Gasteiger partial charge on any atom is 0.114 e. The topological polar surface area (TPSA) is 50.4 Å². The number of nitrogens with zero attached hydrogens (tertiary/aromatic N) is 1. The first kappa shape index (κ1) is 11.5. The van der Waals surface area contributed by atoms with Crippen LogP contribution in [0.25, 0.3) is 0 Å². The van der Waals surface area contributed by atoms with E-state index < -0.39 is 0 Å². The Morgan fingerprint density at radius 2 is 2.21 bits per heavy atom. The van der Waals surface area contributed by atoms with E-state index in [9.17, 15) is 0 Å². The highest BCUT2D eigenvalue weighted by Crippen LogP contribution is 2.40. The highest BCUT2D eigenvalue weighted by Gasteiger charge is 2.35. The number of hydrazine groups is 1. The lowest BCUT2D eigenvalue weighted by atomic mass is 9.68. The molecular formula is C11H23N3. The quantitative estimate of drug-likeness (QED) is 0.308. The van der Waals surface area contributed by atoms with Gasteiger partial charge in [0.1, 0.15) is 5.84 Å². The first-order valence-corrected chi connectivity index (χ1v) is 5.62. The molecule has 0 aromatic rings. The second kappa shape index (κ2) is 4.78. The van der Waals surface area contributed by atoms with Crippen LogP contribution < -0.4 is 11.3 Å². The van der Waals surface area contributed by atoms with Crippen molar-refractivity contribution in [3.05, 3.63) is 0 Å². The van der Waals surface area contributed by atoms with Gasteiger partial charge in [-0.2, -0.15) is 0 Å². The van der Waals surface area contributed by atoms with Crippen LogP contribution in [0.4, 0.5) is 0 Å². The fourth-order valence-electron chi connectivity index (χ4n) is 2.43. The molecule has 3 nitrogen and oxygen atoms in total. The van der Waals surface area contributed by atoms with Gasteiger partial charge in [0.25, 0.3) is 0 Å². The summed E-state index contributed by atoms with van der Waals surface area (Å²) in [7, 11) is 0. The predicted molar refractivity (Wildman–Crippen MR) is 61.0 cm³/mol. The molecular weight excluding hydrogens is 174 g/mol. The number of rotatable bonds is 2. The molecule has 1 atom stereocenters. The van der Waals surface area contributed by atoms with Crippen molar-refractivity contribution in [3.63, 3.8) is 0 Å². The van der Waals surface area contributed by atoms with E-state index in [0.717, 1.165) is 12.4 Å². The van der Waals surface area contributed by atoms with Crippen molar-refractivity contribution in [2.45, 2.75) is 46.5 Å². The molecule has 0 aliphatic heterocycles. The van der Waals surface area contributed by atoms with E-state index in [2.05, 4.69) is 24.3 Å². The zero-order chi connectivity index (χ0) is 10.6. The van der Waals surface area contributed by atoms with Gasteiger partial charge in [-0.05, 0) is 25.2 Å². The van der Waals surface area contributed by atoms with Crippen molar-refractivity contribution in [1.29, 1.82) is 0 Å². The molecule has 0 aromatic carbocycles. The van der Waals surface area contributed by atoms with Gasteiger partial charge in [-0.3, -0.25) is 4.99 Å². The molecule has 1 fully saturated rings. The monoisotopic (exact) mass is 197 g/mol. The van der Waals surface area contributed by atoms with Crippen LogP contribution in [0.15, 0.2) is 4.99 Å². The van der Waals surface area contributed by atoms with E-state index in [1.807, 2.05) is 6.92 Å². The van der Waals surface area contributed by atoms with Crippen LogP contribution in [0, 0.1) is 11.3 Å². The molecule has 1 aliphatic carbocycles. The fraction of sp³-hybridized carbons (Fsp3) is 0.909. The number of aliphatic imine (C=N–C) groups is 1. The summed E-state index contributed by atoms with van der Waals surface area (Å²) >= 11 is 0. The standard InChI is InChI=1S/C11H23N3/c1-4-13-10(14-12)9-7-5-6-8-11(9,2)3/h9H,4-8,12H2,1-3H3,(H,13,14). The zero-order valence-electron chi connectivity index (χ0n) is 9.64.